The SMILES string of the molecule is O=S1(=O)C[C@H](Nc2ccccc2O)[C@@H](O)C1. The predicted octanol–water partition coefficient (Wildman–Crippen LogP) is -0.0380. The van der Waals surface area contributed by atoms with Crippen LogP contribution in [-0.4, -0.2) is 42.3 Å². The second kappa shape index (κ2) is 3.95. The van der Waals surface area contributed by atoms with Gasteiger partial charge in [-0.1, -0.05) is 12.1 Å². The van der Waals surface area contributed by atoms with Crippen molar-refractivity contribution >= 4 is 15.5 Å². The third-order valence-electron chi connectivity index (χ3n) is 2.57. The Morgan fingerprint density at radius 1 is 1.25 bits per heavy atom. The van der Waals surface area contributed by atoms with E-state index in [4.69, 9.17) is 0 Å². The van der Waals surface area contributed by atoms with Crippen molar-refractivity contribution in [2.45, 2.75) is 12.1 Å². The summed E-state index contributed by atoms with van der Waals surface area (Å²) in [4.78, 5) is 0. The van der Waals surface area contributed by atoms with Crippen molar-refractivity contribution in [3.63, 3.8) is 0 Å². The van der Waals surface area contributed by atoms with Crippen molar-refractivity contribution in [2.75, 3.05) is 16.8 Å². The molecule has 2 atom stereocenters. The minimum absolute atomic E-state index is 0.0407. The molecule has 1 saturated heterocycles. The predicted molar refractivity (Wildman–Crippen MR) is 60.2 cm³/mol. The molecule has 1 aliphatic heterocycles. The molecule has 1 fully saturated rings. The maximum Gasteiger partial charge on any atom is 0.155 e. The van der Waals surface area contributed by atoms with Crippen LogP contribution < -0.4 is 5.32 Å². The summed E-state index contributed by atoms with van der Waals surface area (Å²) >= 11 is 0. The van der Waals surface area contributed by atoms with E-state index in [2.05, 4.69) is 5.32 Å². The average Bonchev–Trinajstić information content (AvgIpc) is 2.44. The molecule has 0 saturated carbocycles. The first-order valence-electron chi connectivity index (χ1n) is 4.91. The standard InChI is InChI=1S/C10H13NO4S/c12-9-4-2-1-3-7(9)11-8-5-16(14,15)6-10(8)13/h1-4,8,10-13H,5-6H2/t8-,10-/m0/s1. The lowest BCUT2D eigenvalue weighted by Crippen LogP contribution is -2.31. The topological polar surface area (TPSA) is 86.6 Å². The lowest BCUT2D eigenvalue weighted by Gasteiger charge is -2.16. The lowest BCUT2D eigenvalue weighted by atomic mass is 10.2. The van der Waals surface area contributed by atoms with Gasteiger partial charge in [0.2, 0.25) is 0 Å². The molecule has 1 aromatic rings. The number of aliphatic hydroxyl groups is 1. The smallest absolute Gasteiger partial charge is 0.155 e. The number of phenolic OH excluding ortho intramolecular Hbond substituents is 1. The van der Waals surface area contributed by atoms with Gasteiger partial charge in [-0.3, -0.25) is 0 Å². The van der Waals surface area contributed by atoms with Crippen LogP contribution >= 0.6 is 0 Å². The van der Waals surface area contributed by atoms with Gasteiger partial charge in [0.1, 0.15) is 5.75 Å². The normalized spacial score (nSPS) is 27.8. The Kier molecular flexibility index (Phi) is 2.77. The van der Waals surface area contributed by atoms with E-state index < -0.39 is 22.0 Å². The number of nitrogens with one attached hydrogen (secondary N) is 1. The molecule has 2 rings (SSSR count). The summed E-state index contributed by atoms with van der Waals surface area (Å²) in [5.41, 5.74) is 0.434. The molecule has 3 N–H and O–H groups in total. The number of aromatic hydroxyl groups is 1. The van der Waals surface area contributed by atoms with Crippen molar-refractivity contribution < 1.29 is 18.6 Å². The second-order valence-electron chi connectivity index (χ2n) is 3.91. The van der Waals surface area contributed by atoms with Crippen LogP contribution in [0.2, 0.25) is 0 Å². The van der Waals surface area contributed by atoms with Gasteiger partial charge in [-0.05, 0) is 12.1 Å². The van der Waals surface area contributed by atoms with Crippen molar-refractivity contribution in [2.24, 2.45) is 0 Å². The van der Waals surface area contributed by atoms with Gasteiger partial charge < -0.3 is 15.5 Å². The van der Waals surface area contributed by atoms with Crippen LogP contribution in [0, 0.1) is 0 Å². The molecule has 0 radical (unpaired) electrons. The van der Waals surface area contributed by atoms with Crippen molar-refractivity contribution in [1.29, 1.82) is 0 Å². The van der Waals surface area contributed by atoms with Crippen molar-refractivity contribution in [1.82, 2.24) is 0 Å². The van der Waals surface area contributed by atoms with E-state index in [1.54, 1.807) is 18.2 Å². The molecule has 0 aromatic heterocycles. The highest BCUT2D eigenvalue weighted by Crippen LogP contribution is 2.25. The quantitative estimate of drug-likeness (QED) is 0.635. The summed E-state index contributed by atoms with van der Waals surface area (Å²) in [5, 5.41) is 21.9. The van der Waals surface area contributed by atoms with Crippen molar-refractivity contribution in [3.8, 4) is 5.75 Å². The monoisotopic (exact) mass is 243 g/mol. The fourth-order valence-corrected chi connectivity index (χ4v) is 3.50. The number of hydrogen-bond acceptors (Lipinski definition) is 5. The molecule has 5 nitrogen and oxygen atoms in total. The molecule has 16 heavy (non-hydrogen) atoms. The van der Waals surface area contributed by atoms with Gasteiger partial charge >= 0.3 is 0 Å². The first-order valence-corrected chi connectivity index (χ1v) is 6.73. The Morgan fingerprint density at radius 3 is 2.50 bits per heavy atom. The van der Waals surface area contributed by atoms with E-state index in [0.717, 1.165) is 0 Å². The van der Waals surface area contributed by atoms with E-state index >= 15 is 0 Å². The van der Waals surface area contributed by atoms with E-state index in [9.17, 15) is 18.6 Å². The number of aliphatic hydroxyl groups excluding tert-OH is 1. The third kappa shape index (κ3) is 2.28. The van der Waals surface area contributed by atoms with Crippen LogP contribution in [0.5, 0.6) is 5.75 Å². The number of rotatable bonds is 2. The van der Waals surface area contributed by atoms with Gasteiger partial charge in [0.05, 0.1) is 29.3 Å². The molecule has 0 unspecified atom stereocenters. The molecule has 0 bridgehead atoms. The molecule has 88 valence electrons. The van der Waals surface area contributed by atoms with Gasteiger partial charge in [-0.25, -0.2) is 8.42 Å². The van der Waals surface area contributed by atoms with E-state index in [-0.39, 0.29) is 17.3 Å². The van der Waals surface area contributed by atoms with Gasteiger partial charge in [0, 0.05) is 0 Å². The minimum atomic E-state index is -3.17. The highest BCUT2D eigenvalue weighted by atomic mass is 32.2. The summed E-state index contributed by atoms with van der Waals surface area (Å²) in [5.74, 6) is -0.292. The zero-order valence-electron chi connectivity index (χ0n) is 8.50. The average molecular weight is 243 g/mol. The van der Waals surface area contributed by atoms with Gasteiger partial charge in [0.25, 0.3) is 0 Å². The number of para-hydroxylation sites is 2. The first-order chi connectivity index (χ1) is 7.48. The van der Waals surface area contributed by atoms with E-state index in [0.29, 0.717) is 5.69 Å². The summed E-state index contributed by atoms with van der Waals surface area (Å²) in [6, 6.07) is 5.96. The molecular weight excluding hydrogens is 230 g/mol. The molecule has 1 aliphatic rings. The van der Waals surface area contributed by atoms with Crippen LogP contribution in [0.1, 0.15) is 0 Å². The second-order valence-corrected chi connectivity index (χ2v) is 6.07. The Morgan fingerprint density at radius 2 is 1.94 bits per heavy atom. The molecular formula is C10H13NO4S. The number of anilines is 1. The van der Waals surface area contributed by atoms with Crippen LogP contribution in [0.15, 0.2) is 24.3 Å². The summed E-state index contributed by atoms with van der Waals surface area (Å²) < 4.78 is 22.5. The zero-order chi connectivity index (χ0) is 11.8. The van der Waals surface area contributed by atoms with E-state index in [1.807, 2.05) is 0 Å². The summed E-state index contributed by atoms with van der Waals surface area (Å²) in [6.07, 6.45) is -0.926. The summed E-state index contributed by atoms with van der Waals surface area (Å²) in [6.45, 7) is 0. The Hall–Kier alpha value is -1.27. The fourth-order valence-electron chi connectivity index (χ4n) is 1.76. The number of sulfone groups is 1. The Labute approximate surface area is 93.6 Å². The maximum atomic E-state index is 11.3. The minimum Gasteiger partial charge on any atom is -0.506 e. The Balaban J connectivity index is 2.15. The Bertz CT molecular complexity index is 485. The van der Waals surface area contributed by atoms with Crippen LogP contribution in [0.3, 0.4) is 0 Å². The zero-order valence-corrected chi connectivity index (χ0v) is 9.31. The van der Waals surface area contributed by atoms with Gasteiger partial charge in [-0.2, -0.15) is 0 Å². The highest BCUT2D eigenvalue weighted by Gasteiger charge is 2.36. The van der Waals surface area contributed by atoms with Gasteiger partial charge in [-0.15, -0.1) is 0 Å². The van der Waals surface area contributed by atoms with E-state index in [1.165, 1.54) is 6.07 Å². The molecule has 1 heterocycles. The largest absolute Gasteiger partial charge is 0.506 e. The lowest BCUT2D eigenvalue weighted by molar-refractivity contribution is 0.190. The maximum absolute atomic E-state index is 11.3. The van der Waals surface area contributed by atoms with Crippen LogP contribution in [0.4, 0.5) is 5.69 Å². The molecule has 0 amide bonds. The van der Waals surface area contributed by atoms with Crippen LogP contribution in [0.25, 0.3) is 0 Å². The van der Waals surface area contributed by atoms with Crippen LogP contribution in [-0.2, 0) is 9.84 Å². The van der Waals surface area contributed by atoms with Gasteiger partial charge in [0.15, 0.2) is 9.84 Å². The number of phenols is 1. The third-order valence-corrected chi connectivity index (χ3v) is 4.28. The first kappa shape index (κ1) is 11.2. The molecule has 0 spiro atoms. The fraction of sp³-hybridized carbons (Fsp3) is 0.400. The number of hydrogen-bond donors (Lipinski definition) is 3. The highest BCUT2D eigenvalue weighted by molar-refractivity contribution is 7.91. The molecule has 1 aromatic carbocycles. The number of benzene rings is 1. The summed E-state index contributed by atoms with van der Waals surface area (Å²) in [7, 11) is -3.17. The van der Waals surface area contributed by atoms with Crippen molar-refractivity contribution in [3.05, 3.63) is 24.3 Å². The molecule has 6 heteroatoms. The molecule has 0 aliphatic carbocycles.